The van der Waals surface area contributed by atoms with Crippen LogP contribution in [-0.2, 0) is 20.9 Å². The summed E-state index contributed by atoms with van der Waals surface area (Å²) in [5, 5.41) is -0.532. The number of hydrogen-bond donors (Lipinski definition) is 0. The van der Waals surface area contributed by atoms with Crippen LogP contribution in [0.5, 0.6) is 5.75 Å². The van der Waals surface area contributed by atoms with E-state index in [-0.39, 0.29) is 29.9 Å². The third kappa shape index (κ3) is 6.68. The summed E-state index contributed by atoms with van der Waals surface area (Å²) in [5.74, 6) is -0.923. The smallest absolute Gasteiger partial charge is 0.326 e. The highest BCUT2D eigenvalue weighted by atomic mass is 79.9. The van der Waals surface area contributed by atoms with Crippen molar-refractivity contribution in [2.75, 3.05) is 13.2 Å². The third-order valence-electron chi connectivity index (χ3n) is 4.39. The van der Waals surface area contributed by atoms with Crippen LogP contribution in [0, 0.1) is 11.7 Å². The molecule has 2 amide bonds. The quantitative estimate of drug-likeness (QED) is 0.267. The first-order valence-electron chi connectivity index (χ1n) is 9.92. The number of esters is 1. The molecule has 10 heteroatoms. The van der Waals surface area contributed by atoms with Crippen LogP contribution in [0.4, 0.5) is 9.18 Å². The van der Waals surface area contributed by atoms with Crippen LogP contribution in [0.15, 0.2) is 50.2 Å². The van der Waals surface area contributed by atoms with E-state index in [1.54, 1.807) is 36.4 Å². The first-order valence-corrected chi connectivity index (χ1v) is 12.3. The van der Waals surface area contributed by atoms with Gasteiger partial charge in [-0.3, -0.25) is 19.3 Å². The Morgan fingerprint density at radius 3 is 2.48 bits per heavy atom. The Morgan fingerprint density at radius 2 is 1.85 bits per heavy atom. The minimum atomic E-state index is -0.630. The highest BCUT2D eigenvalue weighted by Gasteiger charge is 2.36. The monoisotopic (exact) mass is 599 g/mol. The normalized spacial score (nSPS) is 15.0. The van der Waals surface area contributed by atoms with E-state index in [1.165, 1.54) is 6.07 Å². The van der Waals surface area contributed by atoms with E-state index in [0.29, 0.717) is 25.8 Å². The molecule has 1 saturated heterocycles. The van der Waals surface area contributed by atoms with Gasteiger partial charge in [0.25, 0.3) is 11.1 Å². The van der Waals surface area contributed by atoms with Gasteiger partial charge in [-0.1, -0.05) is 32.0 Å². The maximum Gasteiger partial charge on any atom is 0.326 e. The molecule has 3 rings (SSSR count). The standard InChI is InChI=1S/C23H20Br2FNO5S/c1-13(2)11-31-20(28)10-27-22(29)19(33-23(27)30)9-14-7-16(24)21(17(25)8-14)32-12-15-5-3-4-6-18(15)26/h3-9,13H,10-12H2,1-2H3/b19-9+. The summed E-state index contributed by atoms with van der Waals surface area (Å²) >= 11 is 7.62. The zero-order valence-electron chi connectivity index (χ0n) is 17.8. The van der Waals surface area contributed by atoms with Gasteiger partial charge in [0.1, 0.15) is 24.7 Å². The zero-order chi connectivity index (χ0) is 24.1. The fourth-order valence-electron chi connectivity index (χ4n) is 2.79. The van der Waals surface area contributed by atoms with Crippen molar-refractivity contribution in [2.24, 2.45) is 5.92 Å². The molecule has 6 nitrogen and oxygen atoms in total. The molecule has 0 bridgehead atoms. The van der Waals surface area contributed by atoms with E-state index in [9.17, 15) is 18.8 Å². The lowest BCUT2D eigenvalue weighted by Gasteiger charge is -2.13. The second-order valence-corrected chi connectivity index (χ2v) is 10.2. The SMILES string of the molecule is CC(C)COC(=O)CN1C(=O)S/C(=C/c2cc(Br)c(OCc3ccccc3F)c(Br)c2)C1=O. The van der Waals surface area contributed by atoms with E-state index >= 15 is 0 Å². The van der Waals surface area contributed by atoms with Crippen molar-refractivity contribution in [3.63, 3.8) is 0 Å². The molecule has 0 radical (unpaired) electrons. The van der Waals surface area contributed by atoms with Crippen molar-refractivity contribution in [3.8, 4) is 5.75 Å². The van der Waals surface area contributed by atoms with E-state index in [4.69, 9.17) is 9.47 Å². The Balaban J connectivity index is 1.71. The number of hydrogen-bond acceptors (Lipinski definition) is 6. The lowest BCUT2D eigenvalue weighted by atomic mass is 10.2. The van der Waals surface area contributed by atoms with Crippen LogP contribution < -0.4 is 4.74 Å². The fraction of sp³-hybridized carbons (Fsp3) is 0.261. The Hall–Kier alpha value is -2.17. The topological polar surface area (TPSA) is 72.9 Å². The molecule has 0 aliphatic carbocycles. The number of carbonyl (C=O) groups is 3. The zero-order valence-corrected chi connectivity index (χ0v) is 21.8. The van der Waals surface area contributed by atoms with E-state index in [0.717, 1.165) is 16.7 Å². The van der Waals surface area contributed by atoms with Gasteiger partial charge in [0.2, 0.25) is 0 Å². The lowest BCUT2D eigenvalue weighted by Crippen LogP contribution is -2.34. The number of amides is 2. The van der Waals surface area contributed by atoms with Gasteiger partial charge < -0.3 is 9.47 Å². The summed E-state index contributed by atoms with van der Waals surface area (Å²) in [4.78, 5) is 37.9. The Kier molecular flexibility index (Phi) is 8.72. The minimum absolute atomic E-state index is 0.0367. The number of imide groups is 1. The molecule has 33 heavy (non-hydrogen) atoms. The highest BCUT2D eigenvalue weighted by Crippen LogP contribution is 2.38. The average Bonchev–Trinajstić information content (AvgIpc) is 3.00. The molecule has 0 spiro atoms. The first-order chi connectivity index (χ1) is 15.7. The Morgan fingerprint density at radius 1 is 1.18 bits per heavy atom. The van der Waals surface area contributed by atoms with Crippen LogP contribution >= 0.6 is 43.6 Å². The molecule has 1 aliphatic rings. The van der Waals surface area contributed by atoms with Crippen LogP contribution in [0.3, 0.4) is 0 Å². The summed E-state index contributed by atoms with van der Waals surface area (Å²) in [7, 11) is 0. The van der Waals surface area contributed by atoms with Gasteiger partial charge in [-0.2, -0.15) is 0 Å². The predicted molar refractivity (Wildman–Crippen MR) is 131 cm³/mol. The Labute approximate surface area is 211 Å². The number of nitrogens with zero attached hydrogens (tertiary/aromatic N) is 1. The van der Waals surface area contributed by atoms with Gasteiger partial charge in [-0.05, 0) is 79.4 Å². The molecule has 1 heterocycles. The van der Waals surface area contributed by atoms with Gasteiger partial charge in [0.05, 0.1) is 20.5 Å². The third-order valence-corrected chi connectivity index (χ3v) is 6.47. The van der Waals surface area contributed by atoms with Crippen LogP contribution in [0.25, 0.3) is 6.08 Å². The van der Waals surface area contributed by atoms with E-state index in [1.807, 2.05) is 13.8 Å². The molecule has 0 saturated carbocycles. The molecule has 0 unspecified atom stereocenters. The summed E-state index contributed by atoms with van der Waals surface area (Å²) in [6.07, 6.45) is 1.56. The summed E-state index contributed by atoms with van der Waals surface area (Å²) in [6.45, 7) is 3.61. The summed E-state index contributed by atoms with van der Waals surface area (Å²) < 4.78 is 25.8. The number of thioether (sulfide) groups is 1. The lowest BCUT2D eigenvalue weighted by molar-refractivity contribution is -0.147. The second kappa shape index (κ2) is 11.3. The van der Waals surface area contributed by atoms with Crippen molar-refractivity contribution in [1.29, 1.82) is 0 Å². The molecule has 0 atom stereocenters. The molecular weight excluding hydrogens is 581 g/mol. The largest absolute Gasteiger partial charge is 0.486 e. The number of carbonyl (C=O) groups excluding carboxylic acids is 3. The average molecular weight is 601 g/mol. The molecule has 1 aliphatic heterocycles. The number of benzene rings is 2. The first kappa shape index (κ1) is 25.5. The van der Waals surface area contributed by atoms with Crippen LogP contribution in [0.1, 0.15) is 25.0 Å². The molecular formula is C23H20Br2FNO5S. The predicted octanol–water partition coefficient (Wildman–Crippen LogP) is 6.17. The van der Waals surface area contributed by atoms with Crippen molar-refractivity contribution >= 4 is 66.8 Å². The van der Waals surface area contributed by atoms with Crippen molar-refractivity contribution in [1.82, 2.24) is 4.90 Å². The fourth-order valence-corrected chi connectivity index (χ4v) is 5.08. The maximum absolute atomic E-state index is 13.8. The molecule has 1 fully saturated rings. The minimum Gasteiger partial charge on any atom is -0.486 e. The summed E-state index contributed by atoms with van der Waals surface area (Å²) in [5.41, 5.74) is 1.04. The Bertz CT molecular complexity index is 1100. The van der Waals surface area contributed by atoms with E-state index < -0.39 is 23.7 Å². The van der Waals surface area contributed by atoms with Gasteiger partial charge in [0, 0.05) is 5.56 Å². The van der Waals surface area contributed by atoms with Crippen LogP contribution in [0.2, 0.25) is 0 Å². The number of rotatable bonds is 8. The van der Waals surface area contributed by atoms with Gasteiger partial charge >= 0.3 is 5.97 Å². The molecule has 2 aromatic rings. The second-order valence-electron chi connectivity index (χ2n) is 7.54. The maximum atomic E-state index is 13.8. The molecule has 174 valence electrons. The van der Waals surface area contributed by atoms with Crippen molar-refractivity contribution < 1.29 is 28.2 Å². The number of halogens is 3. The molecule has 0 aromatic heterocycles. The summed E-state index contributed by atoms with van der Waals surface area (Å²) in [6, 6.07) is 9.77. The van der Waals surface area contributed by atoms with E-state index in [2.05, 4.69) is 31.9 Å². The number of ether oxygens (including phenoxy) is 2. The van der Waals surface area contributed by atoms with Gasteiger partial charge in [-0.25, -0.2) is 4.39 Å². The highest BCUT2D eigenvalue weighted by molar-refractivity contribution is 9.11. The molecule has 2 aromatic carbocycles. The van der Waals surface area contributed by atoms with Crippen LogP contribution in [-0.4, -0.2) is 35.2 Å². The van der Waals surface area contributed by atoms with Gasteiger partial charge in [0.15, 0.2) is 0 Å². The van der Waals surface area contributed by atoms with Crippen molar-refractivity contribution in [3.05, 3.63) is 67.2 Å². The molecule has 0 N–H and O–H groups in total. The van der Waals surface area contributed by atoms with Crippen molar-refractivity contribution in [2.45, 2.75) is 20.5 Å². The van der Waals surface area contributed by atoms with Gasteiger partial charge in [-0.15, -0.1) is 0 Å².